The molecule has 0 bridgehead atoms. The summed E-state index contributed by atoms with van der Waals surface area (Å²) < 4.78 is 10.9. The summed E-state index contributed by atoms with van der Waals surface area (Å²) in [6.07, 6.45) is 8.19. The molecule has 0 radical (unpaired) electrons. The summed E-state index contributed by atoms with van der Waals surface area (Å²) in [6, 6.07) is 0. The molecule has 0 spiro atoms. The normalized spacial score (nSPS) is 11.7. The van der Waals surface area contributed by atoms with Crippen molar-refractivity contribution in [3.05, 3.63) is 17.9 Å². The number of hydrogen-bond donors (Lipinski definition) is 0. The van der Waals surface area contributed by atoms with Gasteiger partial charge in [-0.15, -0.1) is 5.73 Å². The Kier molecular flexibility index (Phi) is 9.59. The molecular formula is C17H32O3Si. The molecule has 0 aromatic carbocycles. The van der Waals surface area contributed by atoms with Gasteiger partial charge in [-0.2, -0.15) is 0 Å². The van der Waals surface area contributed by atoms with E-state index in [0.29, 0.717) is 11.6 Å². The Bertz CT molecular complexity index is 361. The smallest absolute Gasteiger partial charge is 0.302 e. The summed E-state index contributed by atoms with van der Waals surface area (Å²) in [4.78, 5) is 10.5. The zero-order chi connectivity index (χ0) is 16.4. The Morgan fingerprint density at radius 1 is 1.14 bits per heavy atom. The van der Waals surface area contributed by atoms with Gasteiger partial charge in [-0.3, -0.25) is 4.79 Å². The number of unbranched alkanes of at least 4 members (excludes halogenated alkanes) is 3. The molecule has 3 nitrogen and oxygen atoms in total. The summed E-state index contributed by atoms with van der Waals surface area (Å²) in [5.74, 6) is -0.255. The van der Waals surface area contributed by atoms with Crippen LogP contribution in [-0.2, 0) is 14.0 Å². The van der Waals surface area contributed by atoms with Crippen LogP contribution in [0.2, 0.25) is 18.1 Å². The van der Waals surface area contributed by atoms with Gasteiger partial charge in [0.15, 0.2) is 8.32 Å². The first-order valence-corrected chi connectivity index (χ1v) is 10.7. The summed E-state index contributed by atoms with van der Waals surface area (Å²) in [6.45, 7) is 14.0. The Hall–Kier alpha value is -0.833. The van der Waals surface area contributed by atoms with Crippen LogP contribution in [-0.4, -0.2) is 27.5 Å². The Balaban J connectivity index is 3.61. The molecular weight excluding hydrogens is 280 g/mol. The molecule has 0 aliphatic heterocycles. The molecule has 0 aromatic rings. The lowest BCUT2D eigenvalue weighted by Crippen LogP contribution is -2.40. The van der Waals surface area contributed by atoms with Gasteiger partial charge < -0.3 is 9.16 Å². The van der Waals surface area contributed by atoms with E-state index in [1.807, 2.05) is 6.08 Å². The molecule has 0 fully saturated rings. The topological polar surface area (TPSA) is 35.5 Å². The fraction of sp³-hybridized carbons (Fsp3) is 0.765. The van der Waals surface area contributed by atoms with E-state index in [1.165, 1.54) is 13.3 Å². The maximum Gasteiger partial charge on any atom is 0.302 e. The molecule has 0 heterocycles. The minimum atomic E-state index is -1.57. The lowest BCUT2D eigenvalue weighted by molar-refractivity contribution is -0.139. The molecule has 0 N–H and O–H groups in total. The minimum Gasteiger partial charge on any atom is -0.461 e. The maximum absolute atomic E-state index is 10.5. The van der Waals surface area contributed by atoms with Crippen molar-refractivity contribution in [1.82, 2.24) is 0 Å². The van der Waals surface area contributed by atoms with E-state index in [0.717, 1.165) is 25.9 Å². The van der Waals surface area contributed by atoms with Gasteiger partial charge >= 0.3 is 5.97 Å². The average molecular weight is 313 g/mol. The molecule has 0 amide bonds. The van der Waals surface area contributed by atoms with Crippen molar-refractivity contribution >= 4 is 14.3 Å². The molecule has 122 valence electrons. The summed E-state index contributed by atoms with van der Waals surface area (Å²) in [5, 5.41) is 0.294. The number of carbonyl (C=O) groups excluding carboxylic acids is 1. The number of esters is 1. The summed E-state index contributed by atoms with van der Waals surface area (Å²) >= 11 is 0. The van der Waals surface area contributed by atoms with Gasteiger partial charge in [0.05, 0.1) is 0 Å². The zero-order valence-electron chi connectivity index (χ0n) is 14.6. The number of hydrogen-bond acceptors (Lipinski definition) is 3. The van der Waals surface area contributed by atoms with Gasteiger partial charge in [0.2, 0.25) is 0 Å². The number of carbonyl (C=O) groups is 1. The first kappa shape index (κ1) is 20.2. The van der Waals surface area contributed by atoms with Gasteiger partial charge in [0, 0.05) is 13.5 Å². The van der Waals surface area contributed by atoms with E-state index in [2.05, 4.69) is 39.6 Å². The lowest BCUT2D eigenvalue weighted by atomic mass is 10.2. The average Bonchev–Trinajstić information content (AvgIpc) is 2.34. The van der Waals surface area contributed by atoms with Crippen LogP contribution in [0.5, 0.6) is 0 Å². The van der Waals surface area contributed by atoms with E-state index in [1.54, 1.807) is 6.08 Å². The van der Waals surface area contributed by atoms with Gasteiger partial charge in [0.1, 0.15) is 6.61 Å². The van der Waals surface area contributed by atoms with Crippen molar-refractivity contribution in [2.45, 2.75) is 71.5 Å². The van der Waals surface area contributed by atoms with Crippen molar-refractivity contribution in [2.75, 3.05) is 13.2 Å². The highest BCUT2D eigenvalue weighted by Gasteiger charge is 2.36. The molecule has 21 heavy (non-hydrogen) atoms. The van der Waals surface area contributed by atoms with E-state index >= 15 is 0 Å². The van der Waals surface area contributed by atoms with E-state index in [4.69, 9.17) is 9.16 Å². The lowest BCUT2D eigenvalue weighted by Gasteiger charge is -2.36. The van der Waals surface area contributed by atoms with Gasteiger partial charge in [-0.05, 0) is 49.5 Å². The summed E-state index contributed by atoms with van der Waals surface area (Å²) in [7, 11) is -1.57. The Morgan fingerprint density at radius 2 is 1.81 bits per heavy atom. The molecule has 0 aromatic heterocycles. The predicted molar refractivity (Wildman–Crippen MR) is 90.9 cm³/mol. The van der Waals surface area contributed by atoms with Crippen LogP contribution in [0.1, 0.15) is 53.4 Å². The zero-order valence-corrected chi connectivity index (χ0v) is 15.6. The SMILES string of the molecule is CC(=O)OCC=C=CCCCCCO[Si](C)(C)C(C)(C)C. The molecule has 0 aliphatic carbocycles. The monoisotopic (exact) mass is 312 g/mol. The van der Waals surface area contributed by atoms with Gasteiger partial charge in [-0.1, -0.05) is 27.2 Å². The third-order valence-electron chi connectivity index (χ3n) is 3.87. The first-order valence-electron chi connectivity index (χ1n) is 7.83. The van der Waals surface area contributed by atoms with Crippen molar-refractivity contribution in [2.24, 2.45) is 0 Å². The van der Waals surface area contributed by atoms with E-state index < -0.39 is 8.32 Å². The molecule has 0 unspecified atom stereocenters. The quantitative estimate of drug-likeness (QED) is 0.264. The first-order chi connectivity index (χ1) is 9.67. The van der Waals surface area contributed by atoms with Crippen LogP contribution >= 0.6 is 0 Å². The van der Waals surface area contributed by atoms with Crippen molar-refractivity contribution in [3.63, 3.8) is 0 Å². The van der Waals surface area contributed by atoms with Gasteiger partial charge in [0.25, 0.3) is 0 Å². The second kappa shape index (κ2) is 9.99. The third-order valence-corrected chi connectivity index (χ3v) is 8.41. The standard InChI is InChI=1S/C17H32O3Si/c1-16(18)19-14-12-10-8-7-9-11-13-15-20-21(5,6)17(2,3)4/h8,12H,7,9,11,13-15H2,1-6H3. The second-order valence-electron chi connectivity index (χ2n) is 6.84. The molecule has 0 aliphatic rings. The van der Waals surface area contributed by atoms with Crippen molar-refractivity contribution < 1.29 is 14.0 Å². The van der Waals surface area contributed by atoms with Crippen LogP contribution in [0.15, 0.2) is 17.9 Å². The van der Waals surface area contributed by atoms with Crippen molar-refractivity contribution in [1.29, 1.82) is 0 Å². The van der Waals surface area contributed by atoms with Crippen molar-refractivity contribution in [3.8, 4) is 0 Å². The second-order valence-corrected chi connectivity index (χ2v) is 11.6. The van der Waals surface area contributed by atoms with Crippen LogP contribution < -0.4 is 0 Å². The highest BCUT2D eigenvalue weighted by atomic mass is 28.4. The largest absolute Gasteiger partial charge is 0.461 e. The molecule has 4 heteroatoms. The van der Waals surface area contributed by atoms with Crippen LogP contribution in [0.4, 0.5) is 0 Å². The molecule has 0 atom stereocenters. The molecule has 0 rings (SSSR count). The fourth-order valence-corrected chi connectivity index (χ4v) is 2.53. The van der Waals surface area contributed by atoms with Crippen LogP contribution in [0, 0.1) is 0 Å². The van der Waals surface area contributed by atoms with Crippen LogP contribution in [0.3, 0.4) is 0 Å². The van der Waals surface area contributed by atoms with E-state index in [9.17, 15) is 4.79 Å². The highest BCUT2D eigenvalue weighted by molar-refractivity contribution is 6.74. The molecule has 0 saturated heterocycles. The summed E-state index contributed by atoms with van der Waals surface area (Å²) in [5.41, 5.74) is 3.02. The van der Waals surface area contributed by atoms with Crippen LogP contribution in [0.25, 0.3) is 0 Å². The fourth-order valence-electron chi connectivity index (χ4n) is 1.44. The third kappa shape index (κ3) is 10.5. The Labute approximate surface area is 131 Å². The maximum atomic E-state index is 10.5. The minimum absolute atomic E-state index is 0.255. The predicted octanol–water partition coefficient (Wildman–Crippen LogP) is 4.84. The number of ether oxygens (including phenoxy) is 1. The van der Waals surface area contributed by atoms with E-state index in [-0.39, 0.29) is 5.97 Å². The highest BCUT2D eigenvalue weighted by Crippen LogP contribution is 2.36. The Morgan fingerprint density at radius 3 is 2.38 bits per heavy atom. The molecule has 0 saturated carbocycles. The number of rotatable bonds is 9. The van der Waals surface area contributed by atoms with Gasteiger partial charge in [-0.25, -0.2) is 0 Å².